The summed E-state index contributed by atoms with van der Waals surface area (Å²) in [6, 6.07) is 11.0. The number of benzene rings is 2. The molecule has 0 radical (unpaired) electrons. The molecular weight excluding hydrogens is 493 g/mol. The van der Waals surface area contributed by atoms with Crippen molar-refractivity contribution >= 4 is 46.5 Å². The van der Waals surface area contributed by atoms with Gasteiger partial charge in [0, 0.05) is 17.1 Å². The highest BCUT2D eigenvalue weighted by Crippen LogP contribution is 2.32. The van der Waals surface area contributed by atoms with Gasteiger partial charge in [-0.05, 0) is 61.6 Å². The van der Waals surface area contributed by atoms with Gasteiger partial charge in [-0.25, -0.2) is 4.39 Å². The molecule has 0 bridgehead atoms. The number of carbonyl (C=O) groups is 3. The lowest BCUT2D eigenvalue weighted by Crippen LogP contribution is -2.49. The van der Waals surface area contributed by atoms with Gasteiger partial charge in [0.25, 0.3) is 11.8 Å². The Hall–Kier alpha value is -3.50. The lowest BCUT2D eigenvalue weighted by atomic mass is 10.0. The second-order valence-corrected chi connectivity index (χ2v) is 10.0. The highest BCUT2D eigenvalue weighted by Gasteiger charge is 2.36. The first-order valence-corrected chi connectivity index (χ1v) is 11.7. The van der Waals surface area contributed by atoms with E-state index in [9.17, 15) is 18.8 Å². The summed E-state index contributed by atoms with van der Waals surface area (Å²) in [7, 11) is 0. The summed E-state index contributed by atoms with van der Waals surface area (Å²) in [6.07, 6.45) is 0. The van der Waals surface area contributed by atoms with Crippen molar-refractivity contribution in [3.05, 3.63) is 81.1 Å². The number of nitrogens with two attached hydrogens (primary N) is 2. The predicted octanol–water partition coefficient (Wildman–Crippen LogP) is 3.92. The minimum atomic E-state index is -1.18. The summed E-state index contributed by atoms with van der Waals surface area (Å²) in [5.74, 6) is -2.53. The molecule has 2 aromatic carbocycles. The van der Waals surface area contributed by atoms with Crippen molar-refractivity contribution < 1.29 is 18.8 Å². The molecule has 35 heavy (non-hydrogen) atoms. The molecule has 0 unspecified atom stereocenters. The second-order valence-electron chi connectivity index (χ2n) is 8.86. The number of primary amides is 1. The molecule has 1 atom stereocenters. The normalized spacial score (nSPS) is 12.1. The maximum Gasteiger partial charge on any atom is 0.270 e. The maximum absolute atomic E-state index is 13.8. The molecule has 0 saturated carbocycles. The summed E-state index contributed by atoms with van der Waals surface area (Å²) >= 11 is 7.07. The van der Waals surface area contributed by atoms with Gasteiger partial charge >= 0.3 is 0 Å². The van der Waals surface area contributed by atoms with E-state index in [-0.39, 0.29) is 22.8 Å². The molecule has 0 aliphatic heterocycles. The van der Waals surface area contributed by atoms with Crippen LogP contribution in [0.15, 0.2) is 48.5 Å². The van der Waals surface area contributed by atoms with Crippen molar-refractivity contribution in [1.29, 1.82) is 0 Å². The largest absolute Gasteiger partial charge is 0.395 e. The fourth-order valence-electron chi connectivity index (χ4n) is 3.41. The summed E-state index contributed by atoms with van der Waals surface area (Å²) in [4.78, 5) is 40.3. The Balaban J connectivity index is 2.18. The summed E-state index contributed by atoms with van der Waals surface area (Å²) in [5, 5.41) is 3.26. The van der Waals surface area contributed by atoms with Gasteiger partial charge in [-0.1, -0.05) is 41.9 Å². The zero-order valence-electron chi connectivity index (χ0n) is 19.3. The molecule has 11 heteroatoms. The molecule has 0 fully saturated rings. The van der Waals surface area contributed by atoms with Crippen LogP contribution in [0.4, 0.5) is 10.1 Å². The van der Waals surface area contributed by atoms with Crippen molar-refractivity contribution in [2.45, 2.75) is 38.9 Å². The van der Waals surface area contributed by atoms with Gasteiger partial charge in [0.1, 0.15) is 16.7 Å². The lowest BCUT2D eigenvalue weighted by molar-refractivity contribution is -0.127. The Bertz CT molecular complexity index is 1260. The molecule has 184 valence electrons. The first-order chi connectivity index (χ1) is 16.4. The van der Waals surface area contributed by atoms with Crippen LogP contribution >= 0.6 is 23.1 Å². The third-order valence-electron chi connectivity index (χ3n) is 4.96. The fraction of sp³-hybridized carbons (Fsp3) is 0.250. The van der Waals surface area contributed by atoms with Crippen LogP contribution in [-0.2, 0) is 11.3 Å². The molecule has 0 aliphatic carbocycles. The van der Waals surface area contributed by atoms with E-state index in [1.807, 2.05) is 0 Å². The van der Waals surface area contributed by atoms with Gasteiger partial charge in [-0.15, -0.1) is 0 Å². The van der Waals surface area contributed by atoms with Crippen molar-refractivity contribution in [3.8, 4) is 0 Å². The van der Waals surface area contributed by atoms with Gasteiger partial charge in [-0.2, -0.15) is 4.37 Å². The highest BCUT2D eigenvalue weighted by atomic mass is 35.5. The predicted molar refractivity (Wildman–Crippen MR) is 133 cm³/mol. The van der Waals surface area contributed by atoms with E-state index in [0.29, 0.717) is 27.7 Å². The zero-order chi connectivity index (χ0) is 25.9. The van der Waals surface area contributed by atoms with Crippen LogP contribution in [0.1, 0.15) is 58.1 Å². The molecule has 3 aromatic rings. The zero-order valence-corrected chi connectivity index (χ0v) is 20.9. The number of hydrogen-bond acceptors (Lipinski definition) is 6. The number of carbonyl (C=O) groups excluding carboxylic acids is 3. The molecule has 3 amide bonds. The number of anilines is 1. The van der Waals surface area contributed by atoms with Gasteiger partial charge in [0.15, 0.2) is 5.69 Å². The Morgan fingerprint density at radius 3 is 2.31 bits per heavy atom. The topological polar surface area (TPSA) is 131 Å². The SMILES string of the molecule is CC(C)(C)NC(=O)[C@H](c1ccc(F)cc1)N(Cc1ccccc1Cl)C(=O)c1snc(C(N)=O)c1N. The fourth-order valence-corrected chi connectivity index (χ4v) is 4.36. The van der Waals surface area contributed by atoms with Gasteiger partial charge in [0.05, 0.1) is 5.69 Å². The standard InChI is InChI=1S/C24H25ClFN5O3S/c1-24(2,3)29-22(33)19(13-8-10-15(26)11-9-13)31(12-14-6-4-5-7-16(14)25)23(34)20-17(27)18(21(28)32)30-35-20/h4-11,19H,12,27H2,1-3H3,(H2,28,32)(H,29,33)/t19-/m0/s1. The van der Waals surface area contributed by atoms with Crippen LogP contribution in [-0.4, -0.2) is 32.5 Å². The number of halogens is 2. The molecule has 0 aliphatic rings. The monoisotopic (exact) mass is 517 g/mol. The molecular formula is C24H25ClFN5O3S. The van der Waals surface area contributed by atoms with Crippen molar-refractivity contribution in [1.82, 2.24) is 14.6 Å². The van der Waals surface area contributed by atoms with E-state index in [0.717, 1.165) is 0 Å². The number of amides is 3. The first kappa shape index (κ1) is 26.1. The van der Waals surface area contributed by atoms with E-state index >= 15 is 0 Å². The number of nitrogens with one attached hydrogen (secondary N) is 1. The lowest BCUT2D eigenvalue weighted by Gasteiger charge is -2.34. The van der Waals surface area contributed by atoms with Gasteiger partial charge < -0.3 is 21.7 Å². The average Bonchev–Trinajstić information content (AvgIpc) is 3.15. The minimum Gasteiger partial charge on any atom is -0.395 e. The molecule has 1 aromatic heterocycles. The first-order valence-electron chi connectivity index (χ1n) is 10.6. The highest BCUT2D eigenvalue weighted by molar-refractivity contribution is 7.09. The molecule has 3 rings (SSSR count). The number of nitrogens with zero attached hydrogens (tertiary/aromatic N) is 2. The van der Waals surface area contributed by atoms with E-state index in [1.165, 1.54) is 29.2 Å². The van der Waals surface area contributed by atoms with Crippen LogP contribution < -0.4 is 16.8 Å². The molecule has 8 nitrogen and oxygen atoms in total. The molecule has 5 N–H and O–H groups in total. The van der Waals surface area contributed by atoms with Crippen molar-refractivity contribution in [2.24, 2.45) is 5.73 Å². The molecule has 0 spiro atoms. The maximum atomic E-state index is 13.8. The molecule has 0 saturated heterocycles. The van der Waals surface area contributed by atoms with Gasteiger partial charge in [-0.3, -0.25) is 14.4 Å². The van der Waals surface area contributed by atoms with Crippen LogP contribution in [0.3, 0.4) is 0 Å². The summed E-state index contributed by atoms with van der Waals surface area (Å²) in [5.41, 5.74) is 11.2. The number of nitrogen functional groups attached to an aromatic ring is 1. The smallest absolute Gasteiger partial charge is 0.270 e. The van der Waals surface area contributed by atoms with Crippen LogP contribution in [0.2, 0.25) is 5.02 Å². The van der Waals surface area contributed by atoms with E-state index in [1.54, 1.807) is 45.0 Å². The third kappa shape index (κ3) is 6.14. The number of aromatic nitrogens is 1. The average molecular weight is 518 g/mol. The Morgan fingerprint density at radius 2 is 1.77 bits per heavy atom. The number of rotatable bonds is 7. The van der Waals surface area contributed by atoms with E-state index < -0.39 is 35.1 Å². The van der Waals surface area contributed by atoms with Crippen LogP contribution in [0.25, 0.3) is 0 Å². The minimum absolute atomic E-state index is 0.0541. The van der Waals surface area contributed by atoms with Gasteiger partial charge in [0.2, 0.25) is 5.91 Å². The quantitative estimate of drug-likeness (QED) is 0.437. The molecule has 1 heterocycles. The third-order valence-corrected chi connectivity index (χ3v) is 6.18. The van der Waals surface area contributed by atoms with E-state index in [2.05, 4.69) is 9.69 Å². The van der Waals surface area contributed by atoms with Crippen LogP contribution in [0, 0.1) is 5.82 Å². The Labute approximate surface area is 211 Å². The van der Waals surface area contributed by atoms with Crippen LogP contribution in [0.5, 0.6) is 0 Å². The Morgan fingerprint density at radius 1 is 1.14 bits per heavy atom. The van der Waals surface area contributed by atoms with Crippen molar-refractivity contribution in [2.75, 3.05) is 5.73 Å². The van der Waals surface area contributed by atoms with E-state index in [4.69, 9.17) is 23.1 Å². The second kappa shape index (κ2) is 10.4. The summed E-state index contributed by atoms with van der Waals surface area (Å²) < 4.78 is 17.6. The van der Waals surface area contributed by atoms with Crippen molar-refractivity contribution in [3.63, 3.8) is 0 Å². The summed E-state index contributed by atoms with van der Waals surface area (Å²) in [6.45, 7) is 5.31. The number of hydrogen-bond donors (Lipinski definition) is 3. The Kier molecular flexibility index (Phi) is 7.76.